The molecule has 1 aliphatic rings. The van der Waals surface area contributed by atoms with Crippen molar-refractivity contribution in [1.29, 1.82) is 0 Å². The maximum Gasteiger partial charge on any atom is 0.191 e. The monoisotopic (exact) mass is 337 g/mol. The molecule has 1 saturated carbocycles. The van der Waals surface area contributed by atoms with E-state index in [1.165, 1.54) is 44.9 Å². The van der Waals surface area contributed by atoms with Gasteiger partial charge in [-0.05, 0) is 18.8 Å². The molecule has 6 heteroatoms. The highest BCUT2D eigenvalue weighted by Gasteiger charge is 2.12. The summed E-state index contributed by atoms with van der Waals surface area (Å²) in [5.41, 5.74) is 1.06. The largest absolute Gasteiger partial charge is 0.356 e. The van der Waals surface area contributed by atoms with Crippen LogP contribution < -0.4 is 15.5 Å². The second kappa shape index (κ2) is 9.75. The van der Waals surface area contributed by atoms with Gasteiger partial charge in [0.25, 0.3) is 0 Å². The number of anilines is 1. The van der Waals surface area contributed by atoms with Crippen molar-refractivity contribution in [3.8, 4) is 0 Å². The number of aromatic nitrogens is 1. The molecule has 0 bridgehead atoms. The standard InChI is InChI=1S/C17H31N5S/c1-18-16(19-11-7-10-14-8-5-4-6-9-14)20-12-15-13-23-17(21-15)22(2)3/h13-14H,4-12H2,1-3H3,(H2,18,19,20). The van der Waals surface area contributed by atoms with Crippen LogP contribution in [0.25, 0.3) is 0 Å². The fraction of sp³-hybridized carbons (Fsp3) is 0.765. The molecule has 2 N–H and O–H groups in total. The quantitative estimate of drug-likeness (QED) is 0.456. The number of nitrogens with zero attached hydrogens (tertiary/aromatic N) is 3. The third-order valence-corrected chi connectivity index (χ3v) is 5.45. The fourth-order valence-electron chi connectivity index (χ4n) is 3.05. The van der Waals surface area contributed by atoms with Crippen LogP contribution in [0.4, 0.5) is 5.13 Å². The second-order valence-electron chi connectivity index (χ2n) is 6.51. The Bertz CT molecular complexity index is 477. The van der Waals surface area contributed by atoms with E-state index in [9.17, 15) is 0 Å². The van der Waals surface area contributed by atoms with E-state index >= 15 is 0 Å². The van der Waals surface area contributed by atoms with Crippen molar-refractivity contribution in [1.82, 2.24) is 15.6 Å². The van der Waals surface area contributed by atoms with Gasteiger partial charge in [0.05, 0.1) is 12.2 Å². The first-order valence-corrected chi connectivity index (χ1v) is 9.63. The van der Waals surface area contributed by atoms with Gasteiger partial charge in [-0.25, -0.2) is 4.98 Å². The van der Waals surface area contributed by atoms with Gasteiger partial charge in [-0.2, -0.15) is 0 Å². The van der Waals surface area contributed by atoms with Gasteiger partial charge >= 0.3 is 0 Å². The summed E-state index contributed by atoms with van der Waals surface area (Å²) in [4.78, 5) is 10.9. The van der Waals surface area contributed by atoms with E-state index in [1.807, 2.05) is 26.0 Å². The molecule has 1 heterocycles. The Morgan fingerprint density at radius 2 is 2.09 bits per heavy atom. The normalized spacial score (nSPS) is 16.4. The number of aliphatic imine (C=N–C) groups is 1. The summed E-state index contributed by atoms with van der Waals surface area (Å²) in [6.07, 6.45) is 9.76. The molecule has 23 heavy (non-hydrogen) atoms. The summed E-state index contributed by atoms with van der Waals surface area (Å²) in [6, 6.07) is 0. The fourth-order valence-corrected chi connectivity index (χ4v) is 3.81. The number of nitrogens with one attached hydrogen (secondary N) is 2. The van der Waals surface area contributed by atoms with Gasteiger partial charge in [0.15, 0.2) is 11.1 Å². The van der Waals surface area contributed by atoms with Crippen LogP contribution in [0.1, 0.15) is 50.6 Å². The zero-order chi connectivity index (χ0) is 16.5. The molecule has 1 aromatic heterocycles. The lowest BCUT2D eigenvalue weighted by molar-refractivity contribution is 0.332. The average molecular weight is 338 g/mol. The van der Waals surface area contributed by atoms with E-state index in [1.54, 1.807) is 11.3 Å². The Morgan fingerprint density at radius 1 is 1.30 bits per heavy atom. The van der Waals surface area contributed by atoms with Crippen LogP contribution in [0.15, 0.2) is 10.4 Å². The van der Waals surface area contributed by atoms with E-state index in [4.69, 9.17) is 0 Å². The highest BCUT2D eigenvalue weighted by molar-refractivity contribution is 7.13. The summed E-state index contributed by atoms with van der Waals surface area (Å²) in [6.45, 7) is 1.71. The minimum absolute atomic E-state index is 0.715. The molecule has 0 spiro atoms. The van der Waals surface area contributed by atoms with Gasteiger partial charge in [-0.15, -0.1) is 11.3 Å². The number of hydrogen-bond acceptors (Lipinski definition) is 4. The van der Waals surface area contributed by atoms with E-state index in [2.05, 4.69) is 26.0 Å². The van der Waals surface area contributed by atoms with Crippen LogP contribution in [0, 0.1) is 5.92 Å². The number of rotatable bonds is 7. The Labute approximate surface area is 144 Å². The van der Waals surface area contributed by atoms with Crippen LogP contribution in [0.3, 0.4) is 0 Å². The summed E-state index contributed by atoms with van der Waals surface area (Å²) >= 11 is 1.67. The molecule has 0 atom stereocenters. The van der Waals surface area contributed by atoms with Crippen molar-refractivity contribution in [2.24, 2.45) is 10.9 Å². The van der Waals surface area contributed by atoms with Gasteiger partial charge in [0, 0.05) is 33.1 Å². The van der Waals surface area contributed by atoms with E-state index in [-0.39, 0.29) is 0 Å². The van der Waals surface area contributed by atoms with Crippen molar-refractivity contribution >= 4 is 22.4 Å². The van der Waals surface area contributed by atoms with Gasteiger partial charge < -0.3 is 15.5 Å². The molecule has 0 aliphatic heterocycles. The van der Waals surface area contributed by atoms with E-state index in [0.717, 1.165) is 29.2 Å². The van der Waals surface area contributed by atoms with E-state index in [0.29, 0.717) is 6.54 Å². The molecule has 130 valence electrons. The first-order chi connectivity index (χ1) is 11.2. The zero-order valence-corrected chi connectivity index (χ0v) is 15.6. The van der Waals surface area contributed by atoms with Crippen molar-refractivity contribution in [3.05, 3.63) is 11.1 Å². The minimum atomic E-state index is 0.715. The SMILES string of the molecule is CN=C(NCCCC1CCCCC1)NCc1csc(N(C)C)n1. The Kier molecular flexibility index (Phi) is 7.65. The third-order valence-electron chi connectivity index (χ3n) is 4.39. The van der Waals surface area contributed by atoms with Gasteiger partial charge in [0.1, 0.15) is 0 Å². The highest BCUT2D eigenvalue weighted by Crippen LogP contribution is 2.26. The number of guanidine groups is 1. The van der Waals surface area contributed by atoms with E-state index < -0.39 is 0 Å². The van der Waals surface area contributed by atoms with Gasteiger partial charge in [-0.1, -0.05) is 32.1 Å². The molecule has 0 unspecified atom stereocenters. The molecule has 0 saturated heterocycles. The van der Waals surface area contributed by atoms with Crippen LogP contribution in [0.2, 0.25) is 0 Å². The number of hydrogen-bond donors (Lipinski definition) is 2. The Morgan fingerprint density at radius 3 is 2.74 bits per heavy atom. The zero-order valence-electron chi connectivity index (χ0n) is 14.8. The van der Waals surface area contributed by atoms with Crippen molar-refractivity contribution in [2.45, 2.75) is 51.5 Å². The predicted octanol–water partition coefficient (Wildman–Crippen LogP) is 3.23. The smallest absolute Gasteiger partial charge is 0.191 e. The van der Waals surface area contributed by atoms with Gasteiger partial charge in [0.2, 0.25) is 0 Å². The predicted molar refractivity (Wildman–Crippen MR) is 100 cm³/mol. The molecular formula is C17H31N5S. The summed E-state index contributed by atoms with van der Waals surface area (Å²) in [5, 5.41) is 9.89. The highest BCUT2D eigenvalue weighted by atomic mass is 32.1. The van der Waals surface area contributed by atoms with Crippen LogP contribution in [-0.4, -0.2) is 38.6 Å². The molecule has 1 aliphatic carbocycles. The van der Waals surface area contributed by atoms with Crippen molar-refractivity contribution in [3.63, 3.8) is 0 Å². The Balaban J connectivity index is 1.62. The molecule has 0 aromatic carbocycles. The van der Waals surface area contributed by atoms with Crippen molar-refractivity contribution < 1.29 is 0 Å². The molecule has 1 aromatic rings. The topological polar surface area (TPSA) is 52.6 Å². The minimum Gasteiger partial charge on any atom is -0.356 e. The molecule has 1 fully saturated rings. The lowest BCUT2D eigenvalue weighted by Gasteiger charge is -2.21. The van der Waals surface area contributed by atoms with Crippen molar-refractivity contribution in [2.75, 3.05) is 32.6 Å². The summed E-state index contributed by atoms with van der Waals surface area (Å²) < 4.78 is 0. The van der Waals surface area contributed by atoms with Crippen LogP contribution >= 0.6 is 11.3 Å². The van der Waals surface area contributed by atoms with Crippen LogP contribution in [-0.2, 0) is 6.54 Å². The lowest BCUT2D eigenvalue weighted by atomic mass is 9.86. The molecule has 0 amide bonds. The maximum atomic E-state index is 4.57. The average Bonchev–Trinajstić information content (AvgIpc) is 3.04. The van der Waals surface area contributed by atoms with Gasteiger partial charge in [-0.3, -0.25) is 4.99 Å². The molecule has 5 nitrogen and oxygen atoms in total. The molecular weight excluding hydrogens is 306 g/mol. The maximum absolute atomic E-state index is 4.57. The first-order valence-electron chi connectivity index (χ1n) is 8.75. The lowest BCUT2D eigenvalue weighted by Crippen LogP contribution is -2.37. The molecule has 0 radical (unpaired) electrons. The number of thiazole rings is 1. The summed E-state index contributed by atoms with van der Waals surface area (Å²) in [7, 11) is 5.86. The first kappa shape index (κ1) is 18.0. The molecule has 2 rings (SSSR count). The third kappa shape index (κ3) is 6.37. The second-order valence-corrected chi connectivity index (χ2v) is 7.35. The van der Waals surface area contributed by atoms with Crippen LogP contribution in [0.5, 0.6) is 0 Å². The summed E-state index contributed by atoms with van der Waals surface area (Å²) in [5.74, 6) is 1.83. The Hall–Kier alpha value is -1.30.